The van der Waals surface area contributed by atoms with Crippen molar-refractivity contribution in [3.8, 4) is 0 Å². The Morgan fingerprint density at radius 1 is 1.23 bits per heavy atom. The Labute approximate surface area is 88.6 Å². The molecule has 0 atom stereocenters. The highest BCUT2D eigenvalue weighted by molar-refractivity contribution is 8.76. The van der Waals surface area contributed by atoms with E-state index in [0.29, 0.717) is 12.4 Å². The highest BCUT2D eigenvalue weighted by Gasteiger charge is 2.00. The van der Waals surface area contributed by atoms with E-state index in [0.717, 1.165) is 5.75 Å². The van der Waals surface area contributed by atoms with Crippen LogP contribution in [0.25, 0.3) is 0 Å². The van der Waals surface area contributed by atoms with E-state index in [1.54, 1.807) is 21.6 Å². The van der Waals surface area contributed by atoms with Gasteiger partial charge >= 0.3 is 5.97 Å². The minimum Gasteiger partial charge on any atom is -0.465 e. The molecule has 0 unspecified atom stereocenters. The quantitative estimate of drug-likeness (QED) is 0.358. The van der Waals surface area contributed by atoms with Crippen molar-refractivity contribution >= 4 is 27.6 Å². The van der Waals surface area contributed by atoms with Gasteiger partial charge in [-0.15, -0.1) is 0 Å². The lowest BCUT2D eigenvalue weighted by atomic mass is 10.3. The molecule has 0 saturated heterocycles. The Bertz CT molecular complexity index is 129. The summed E-state index contributed by atoms with van der Waals surface area (Å²) in [5.74, 6) is 1.51. The third kappa shape index (κ3) is 10.1. The SMILES string of the molecule is CCCCCSSCC(=O)OCC. The van der Waals surface area contributed by atoms with Gasteiger partial charge in [0.1, 0.15) is 5.75 Å². The summed E-state index contributed by atoms with van der Waals surface area (Å²) >= 11 is 0. The molecule has 0 fully saturated rings. The molecular weight excluding hydrogens is 204 g/mol. The summed E-state index contributed by atoms with van der Waals surface area (Å²) in [6.45, 7) is 4.51. The lowest BCUT2D eigenvalue weighted by Crippen LogP contribution is -2.05. The van der Waals surface area contributed by atoms with Crippen LogP contribution in [-0.4, -0.2) is 24.1 Å². The molecule has 78 valence electrons. The first-order valence-electron chi connectivity index (χ1n) is 4.71. The molecule has 0 aromatic heterocycles. The van der Waals surface area contributed by atoms with Crippen molar-refractivity contribution in [2.24, 2.45) is 0 Å². The molecule has 0 amide bonds. The molecule has 13 heavy (non-hydrogen) atoms. The standard InChI is InChI=1S/C9H18O2S2/c1-3-5-6-7-12-13-8-9(10)11-4-2/h3-8H2,1-2H3. The second-order valence-electron chi connectivity index (χ2n) is 2.60. The maximum Gasteiger partial charge on any atom is 0.316 e. The van der Waals surface area contributed by atoms with Gasteiger partial charge in [0.05, 0.1) is 6.61 Å². The van der Waals surface area contributed by atoms with Gasteiger partial charge in [-0.05, 0) is 13.3 Å². The molecule has 0 spiro atoms. The predicted octanol–water partition coefficient (Wildman–Crippen LogP) is 3.12. The van der Waals surface area contributed by atoms with Crippen LogP contribution in [0.3, 0.4) is 0 Å². The highest BCUT2D eigenvalue weighted by atomic mass is 33.1. The Kier molecular flexibility index (Phi) is 10.4. The van der Waals surface area contributed by atoms with Crippen molar-refractivity contribution in [1.82, 2.24) is 0 Å². The van der Waals surface area contributed by atoms with Crippen LogP contribution in [0.1, 0.15) is 33.1 Å². The van der Waals surface area contributed by atoms with Crippen molar-refractivity contribution in [2.75, 3.05) is 18.1 Å². The van der Waals surface area contributed by atoms with Gasteiger partial charge in [0.15, 0.2) is 0 Å². The first-order chi connectivity index (χ1) is 6.31. The van der Waals surface area contributed by atoms with Gasteiger partial charge in [0.2, 0.25) is 0 Å². The molecule has 0 heterocycles. The van der Waals surface area contributed by atoms with Gasteiger partial charge in [0, 0.05) is 5.75 Å². The maximum atomic E-state index is 10.9. The van der Waals surface area contributed by atoms with Crippen molar-refractivity contribution in [1.29, 1.82) is 0 Å². The maximum absolute atomic E-state index is 10.9. The third-order valence-electron chi connectivity index (χ3n) is 1.40. The van der Waals surface area contributed by atoms with Crippen molar-refractivity contribution in [3.05, 3.63) is 0 Å². The molecule has 0 aliphatic heterocycles. The Balaban J connectivity index is 3.02. The molecule has 0 saturated carbocycles. The van der Waals surface area contributed by atoms with Crippen molar-refractivity contribution in [2.45, 2.75) is 33.1 Å². The lowest BCUT2D eigenvalue weighted by Gasteiger charge is -2.00. The number of carbonyl (C=O) groups is 1. The Hall–Kier alpha value is 0.170. The number of esters is 1. The average Bonchev–Trinajstić information content (AvgIpc) is 2.11. The fourth-order valence-electron chi connectivity index (χ4n) is 0.762. The summed E-state index contributed by atoms with van der Waals surface area (Å²) < 4.78 is 4.80. The van der Waals surface area contributed by atoms with Crippen LogP contribution in [-0.2, 0) is 9.53 Å². The van der Waals surface area contributed by atoms with Gasteiger partial charge in [-0.3, -0.25) is 4.79 Å². The lowest BCUT2D eigenvalue weighted by molar-refractivity contribution is -0.139. The highest BCUT2D eigenvalue weighted by Crippen LogP contribution is 2.22. The molecule has 2 nitrogen and oxygen atoms in total. The summed E-state index contributed by atoms with van der Waals surface area (Å²) in [5.41, 5.74) is 0. The van der Waals surface area contributed by atoms with Crippen LogP contribution in [0.15, 0.2) is 0 Å². The summed E-state index contributed by atoms with van der Waals surface area (Å²) in [5, 5.41) is 0. The number of hydrogen-bond acceptors (Lipinski definition) is 4. The van der Waals surface area contributed by atoms with Crippen LogP contribution in [0.5, 0.6) is 0 Å². The van der Waals surface area contributed by atoms with Crippen molar-refractivity contribution < 1.29 is 9.53 Å². The molecule has 0 aliphatic carbocycles. The molecule has 4 heteroatoms. The molecule has 0 aromatic rings. The zero-order valence-electron chi connectivity index (χ0n) is 8.38. The van der Waals surface area contributed by atoms with Gasteiger partial charge in [0.25, 0.3) is 0 Å². The summed E-state index contributed by atoms with van der Waals surface area (Å²) in [7, 11) is 3.36. The van der Waals surface area contributed by atoms with E-state index in [-0.39, 0.29) is 5.97 Å². The second kappa shape index (κ2) is 10.3. The molecule has 0 bridgehead atoms. The van der Waals surface area contributed by atoms with Crippen molar-refractivity contribution in [3.63, 3.8) is 0 Å². The first kappa shape index (κ1) is 13.2. The summed E-state index contributed by atoms with van der Waals surface area (Å²) in [4.78, 5) is 10.9. The monoisotopic (exact) mass is 222 g/mol. The molecule has 0 rings (SSSR count). The van der Waals surface area contributed by atoms with E-state index in [4.69, 9.17) is 4.74 Å². The molecule has 0 aliphatic rings. The third-order valence-corrected chi connectivity index (χ3v) is 3.73. The molecule has 0 N–H and O–H groups in total. The van der Waals surface area contributed by atoms with Gasteiger partial charge in [-0.2, -0.15) is 0 Å². The van der Waals surface area contributed by atoms with Crippen LogP contribution >= 0.6 is 21.6 Å². The Morgan fingerprint density at radius 2 is 2.00 bits per heavy atom. The van der Waals surface area contributed by atoms with E-state index in [2.05, 4.69) is 6.92 Å². The number of unbranched alkanes of at least 4 members (excludes halogenated alkanes) is 2. The number of ether oxygens (including phenoxy) is 1. The minimum absolute atomic E-state index is 0.101. The normalized spacial score (nSPS) is 10.0. The number of carbonyl (C=O) groups excluding carboxylic acids is 1. The average molecular weight is 222 g/mol. The molecule has 0 aromatic carbocycles. The van der Waals surface area contributed by atoms with Crippen LogP contribution in [0.4, 0.5) is 0 Å². The predicted molar refractivity (Wildman–Crippen MR) is 61.1 cm³/mol. The van der Waals surface area contributed by atoms with E-state index in [1.807, 2.05) is 6.92 Å². The second-order valence-corrected chi connectivity index (χ2v) is 5.18. The Morgan fingerprint density at radius 3 is 2.62 bits per heavy atom. The summed E-state index contributed by atoms with van der Waals surface area (Å²) in [6, 6.07) is 0. The molecular formula is C9H18O2S2. The van der Waals surface area contributed by atoms with E-state index < -0.39 is 0 Å². The summed E-state index contributed by atoms with van der Waals surface area (Å²) in [6.07, 6.45) is 3.78. The van der Waals surface area contributed by atoms with Crippen LogP contribution in [0, 0.1) is 0 Å². The fraction of sp³-hybridized carbons (Fsp3) is 0.889. The smallest absolute Gasteiger partial charge is 0.316 e. The van der Waals surface area contributed by atoms with Gasteiger partial charge in [-0.1, -0.05) is 41.4 Å². The molecule has 0 radical (unpaired) electrons. The first-order valence-corrected chi connectivity index (χ1v) is 7.20. The van der Waals surface area contributed by atoms with Crippen LogP contribution in [0.2, 0.25) is 0 Å². The van der Waals surface area contributed by atoms with Gasteiger partial charge < -0.3 is 4.74 Å². The van der Waals surface area contributed by atoms with Crippen LogP contribution < -0.4 is 0 Å². The number of hydrogen-bond donors (Lipinski definition) is 0. The topological polar surface area (TPSA) is 26.3 Å². The van der Waals surface area contributed by atoms with E-state index >= 15 is 0 Å². The minimum atomic E-state index is -0.101. The van der Waals surface area contributed by atoms with E-state index in [9.17, 15) is 4.79 Å². The zero-order chi connectivity index (χ0) is 9.94. The largest absolute Gasteiger partial charge is 0.465 e. The fourth-order valence-corrected chi connectivity index (χ4v) is 2.71. The zero-order valence-corrected chi connectivity index (χ0v) is 10.0. The van der Waals surface area contributed by atoms with E-state index in [1.165, 1.54) is 19.3 Å². The van der Waals surface area contributed by atoms with Gasteiger partial charge in [-0.25, -0.2) is 0 Å². The number of rotatable bonds is 8.